The number of methoxy groups -OCH3 is 2. The first-order valence-electron chi connectivity index (χ1n) is 5.79. The van der Waals surface area contributed by atoms with Gasteiger partial charge in [-0.2, -0.15) is 0 Å². The van der Waals surface area contributed by atoms with Gasteiger partial charge >= 0.3 is 5.97 Å². The predicted molar refractivity (Wildman–Crippen MR) is 65.9 cm³/mol. The van der Waals surface area contributed by atoms with E-state index in [1.165, 1.54) is 7.11 Å². The molecule has 5 heteroatoms. The Morgan fingerprint density at radius 3 is 2.83 bits per heavy atom. The van der Waals surface area contributed by atoms with Gasteiger partial charge in [0.05, 0.1) is 14.2 Å². The number of ether oxygens (including phenoxy) is 3. The summed E-state index contributed by atoms with van der Waals surface area (Å²) in [4.78, 5) is 11.1. The van der Waals surface area contributed by atoms with Gasteiger partial charge in [0, 0.05) is 11.6 Å². The molecule has 1 unspecified atom stereocenters. The number of hydrogen-bond acceptors (Lipinski definition) is 5. The van der Waals surface area contributed by atoms with E-state index in [1.54, 1.807) is 7.11 Å². The van der Waals surface area contributed by atoms with Crippen LogP contribution in [0.25, 0.3) is 0 Å². The van der Waals surface area contributed by atoms with Crippen molar-refractivity contribution in [3.8, 4) is 11.5 Å². The number of carbonyl (C=O) groups is 1. The van der Waals surface area contributed by atoms with Gasteiger partial charge in [-0.05, 0) is 24.5 Å². The van der Waals surface area contributed by atoms with Gasteiger partial charge in [-0.15, -0.1) is 0 Å². The zero-order chi connectivity index (χ0) is 13.1. The summed E-state index contributed by atoms with van der Waals surface area (Å²) in [6.07, 6.45) is 1.57. The van der Waals surface area contributed by atoms with Gasteiger partial charge in [0.25, 0.3) is 0 Å². The Morgan fingerprint density at radius 1 is 1.39 bits per heavy atom. The monoisotopic (exact) mass is 251 g/mol. The highest BCUT2D eigenvalue weighted by Crippen LogP contribution is 2.38. The van der Waals surface area contributed by atoms with Gasteiger partial charge in [-0.25, -0.2) is 4.79 Å². The van der Waals surface area contributed by atoms with Crippen LogP contribution in [0, 0.1) is 0 Å². The lowest BCUT2D eigenvalue weighted by atomic mass is 10.1. The van der Waals surface area contributed by atoms with Crippen molar-refractivity contribution in [2.45, 2.75) is 18.9 Å². The number of carbonyl (C=O) groups excluding carboxylic acids is 1. The molecule has 5 nitrogen and oxygen atoms in total. The average molecular weight is 251 g/mol. The van der Waals surface area contributed by atoms with Crippen molar-refractivity contribution in [2.75, 3.05) is 20.8 Å². The van der Waals surface area contributed by atoms with Crippen LogP contribution >= 0.6 is 0 Å². The first-order chi connectivity index (χ1) is 8.65. The maximum Gasteiger partial charge on any atom is 0.343 e. The van der Waals surface area contributed by atoms with Crippen LogP contribution in [0.1, 0.15) is 11.1 Å². The summed E-state index contributed by atoms with van der Waals surface area (Å²) >= 11 is 0. The summed E-state index contributed by atoms with van der Waals surface area (Å²) < 4.78 is 15.3. The molecule has 0 fully saturated rings. The van der Waals surface area contributed by atoms with Crippen molar-refractivity contribution in [1.82, 2.24) is 0 Å². The zero-order valence-electron chi connectivity index (χ0n) is 10.6. The Labute approximate surface area is 106 Å². The van der Waals surface area contributed by atoms with E-state index in [9.17, 15) is 4.79 Å². The molecule has 1 aromatic rings. The summed E-state index contributed by atoms with van der Waals surface area (Å²) in [5, 5.41) is 0. The minimum absolute atomic E-state index is 0.104. The number of benzene rings is 1. The molecule has 1 atom stereocenters. The van der Waals surface area contributed by atoms with E-state index in [2.05, 4.69) is 4.74 Å². The molecule has 98 valence electrons. The van der Waals surface area contributed by atoms with Gasteiger partial charge in [0.2, 0.25) is 0 Å². The fraction of sp³-hybridized carbons (Fsp3) is 0.462. The Hall–Kier alpha value is -1.75. The molecule has 0 spiro atoms. The molecule has 0 saturated carbocycles. The van der Waals surface area contributed by atoms with Crippen LogP contribution in [0.4, 0.5) is 0 Å². The molecule has 18 heavy (non-hydrogen) atoms. The second-order valence-corrected chi connectivity index (χ2v) is 4.27. The lowest BCUT2D eigenvalue weighted by Gasteiger charge is -2.14. The van der Waals surface area contributed by atoms with Gasteiger partial charge < -0.3 is 19.9 Å². The van der Waals surface area contributed by atoms with E-state index in [0.29, 0.717) is 11.5 Å². The van der Waals surface area contributed by atoms with Crippen molar-refractivity contribution >= 4 is 5.97 Å². The third-order valence-electron chi connectivity index (χ3n) is 3.05. The third-order valence-corrected chi connectivity index (χ3v) is 3.05. The Balaban J connectivity index is 2.26. The standard InChI is InChI=1S/C13H17NO4/c1-16-11-4-3-8-5-9(14)6-10(8)13(11)18-7-12(15)17-2/h3-4,9H,5-7,14H2,1-2H3. The van der Waals surface area contributed by atoms with Gasteiger partial charge in [-0.3, -0.25) is 0 Å². The van der Waals surface area contributed by atoms with Crippen LogP contribution < -0.4 is 15.2 Å². The summed E-state index contributed by atoms with van der Waals surface area (Å²) in [5.74, 6) is 0.803. The maximum absolute atomic E-state index is 11.1. The molecule has 0 bridgehead atoms. The molecule has 1 aromatic carbocycles. The van der Waals surface area contributed by atoms with E-state index in [0.717, 1.165) is 24.0 Å². The number of rotatable bonds is 4. The highest BCUT2D eigenvalue weighted by Gasteiger charge is 2.25. The fourth-order valence-corrected chi connectivity index (χ4v) is 2.19. The highest BCUT2D eigenvalue weighted by atomic mass is 16.6. The van der Waals surface area contributed by atoms with Crippen molar-refractivity contribution in [3.05, 3.63) is 23.3 Å². The molecule has 0 saturated heterocycles. The molecule has 2 rings (SSSR count). The Bertz CT molecular complexity index is 459. The Morgan fingerprint density at radius 2 is 2.17 bits per heavy atom. The molecule has 1 aliphatic rings. The van der Waals surface area contributed by atoms with Crippen molar-refractivity contribution < 1.29 is 19.0 Å². The zero-order valence-corrected chi connectivity index (χ0v) is 10.6. The highest BCUT2D eigenvalue weighted by molar-refractivity contribution is 5.71. The molecule has 0 radical (unpaired) electrons. The second kappa shape index (κ2) is 5.27. The van der Waals surface area contributed by atoms with Gasteiger partial charge in [0.15, 0.2) is 18.1 Å². The molecular formula is C13H17NO4. The summed E-state index contributed by atoms with van der Waals surface area (Å²) in [6, 6.07) is 3.93. The van der Waals surface area contributed by atoms with Crippen LogP contribution in [-0.4, -0.2) is 32.8 Å². The molecule has 0 amide bonds. The number of hydrogen-bond donors (Lipinski definition) is 1. The van der Waals surface area contributed by atoms with E-state index in [-0.39, 0.29) is 12.6 Å². The Kier molecular flexibility index (Phi) is 3.72. The van der Waals surface area contributed by atoms with Crippen LogP contribution in [0.5, 0.6) is 11.5 Å². The van der Waals surface area contributed by atoms with Crippen molar-refractivity contribution in [1.29, 1.82) is 0 Å². The molecule has 0 heterocycles. The van der Waals surface area contributed by atoms with Crippen LogP contribution in [0.2, 0.25) is 0 Å². The summed E-state index contributed by atoms with van der Waals surface area (Å²) in [7, 11) is 2.90. The number of nitrogens with two attached hydrogens (primary N) is 1. The predicted octanol–water partition coefficient (Wildman–Crippen LogP) is 0.673. The van der Waals surface area contributed by atoms with E-state index in [4.69, 9.17) is 15.2 Å². The SMILES string of the molecule is COC(=O)COc1c(OC)ccc2c1CC(N)C2. The minimum atomic E-state index is -0.419. The van der Waals surface area contributed by atoms with Gasteiger partial charge in [0.1, 0.15) is 0 Å². The quantitative estimate of drug-likeness (QED) is 0.796. The smallest absolute Gasteiger partial charge is 0.343 e. The summed E-state index contributed by atoms with van der Waals surface area (Å²) in [5.41, 5.74) is 8.13. The first kappa shape index (κ1) is 12.7. The van der Waals surface area contributed by atoms with Gasteiger partial charge in [-0.1, -0.05) is 6.07 Å². The lowest BCUT2D eigenvalue weighted by molar-refractivity contribution is -0.142. The molecule has 2 N–H and O–H groups in total. The topological polar surface area (TPSA) is 70.8 Å². The minimum Gasteiger partial charge on any atom is -0.493 e. The fourth-order valence-electron chi connectivity index (χ4n) is 2.19. The second-order valence-electron chi connectivity index (χ2n) is 4.27. The summed E-state index contributed by atoms with van der Waals surface area (Å²) in [6.45, 7) is -0.126. The van der Waals surface area contributed by atoms with Crippen LogP contribution in [0.15, 0.2) is 12.1 Å². The van der Waals surface area contributed by atoms with Crippen molar-refractivity contribution in [3.63, 3.8) is 0 Å². The average Bonchev–Trinajstić information content (AvgIpc) is 2.75. The van der Waals surface area contributed by atoms with E-state index >= 15 is 0 Å². The van der Waals surface area contributed by atoms with Crippen LogP contribution in [0.3, 0.4) is 0 Å². The molecule has 0 aliphatic heterocycles. The van der Waals surface area contributed by atoms with Crippen LogP contribution in [-0.2, 0) is 22.4 Å². The maximum atomic E-state index is 11.1. The lowest BCUT2D eigenvalue weighted by Crippen LogP contribution is -2.19. The van der Waals surface area contributed by atoms with Crippen molar-refractivity contribution in [2.24, 2.45) is 5.73 Å². The molecular weight excluding hydrogens is 234 g/mol. The molecule has 0 aromatic heterocycles. The third kappa shape index (κ3) is 2.41. The van der Waals surface area contributed by atoms with E-state index < -0.39 is 5.97 Å². The first-order valence-corrected chi connectivity index (χ1v) is 5.79. The van der Waals surface area contributed by atoms with E-state index in [1.807, 2.05) is 12.1 Å². The largest absolute Gasteiger partial charge is 0.493 e. The number of esters is 1. The number of fused-ring (bicyclic) bond motifs is 1. The normalized spacial score (nSPS) is 17.2. The molecule has 1 aliphatic carbocycles.